The van der Waals surface area contributed by atoms with E-state index < -0.39 is 5.97 Å². The monoisotopic (exact) mass is 437 g/mol. The van der Waals surface area contributed by atoms with Gasteiger partial charge in [-0.3, -0.25) is 4.79 Å². The number of carboxylic acid groups (broad SMARTS) is 1. The molecule has 4 aliphatic rings. The summed E-state index contributed by atoms with van der Waals surface area (Å²) >= 11 is 0. The molecule has 4 rings (SSSR count). The number of hydrogen-bond acceptors (Lipinski definition) is 5. The molecule has 3 unspecified atom stereocenters. The van der Waals surface area contributed by atoms with Gasteiger partial charge in [0, 0.05) is 12.5 Å². The Bertz CT molecular complexity index is 672. The lowest BCUT2D eigenvalue weighted by atomic mass is 9.43. The van der Waals surface area contributed by atoms with Crippen LogP contribution in [0.3, 0.4) is 0 Å². The van der Waals surface area contributed by atoms with Crippen molar-refractivity contribution in [1.29, 1.82) is 0 Å². The van der Waals surface area contributed by atoms with Crippen LogP contribution in [0.1, 0.15) is 78.6 Å². The van der Waals surface area contributed by atoms with Gasteiger partial charge in [-0.2, -0.15) is 5.48 Å². The third-order valence-corrected chi connectivity index (χ3v) is 10.6. The van der Waals surface area contributed by atoms with Gasteiger partial charge in [0.1, 0.15) is 0 Å². The first-order valence-electron chi connectivity index (χ1n) is 12.5. The predicted octanol–water partition coefficient (Wildman–Crippen LogP) is 3.61. The minimum atomic E-state index is -0.740. The first-order valence-corrected chi connectivity index (χ1v) is 12.5. The Hall–Kier alpha value is -0.690. The number of fused-ring (bicyclic) bond motifs is 5. The fraction of sp³-hybridized carbons (Fsp3) is 0.960. The number of aliphatic carboxylic acids is 1. The number of aliphatic hydroxyl groups is 2. The van der Waals surface area contributed by atoms with Gasteiger partial charge in [0.15, 0.2) is 0 Å². The fourth-order valence-electron chi connectivity index (χ4n) is 8.98. The number of hydrogen-bond donors (Lipinski definition) is 4. The van der Waals surface area contributed by atoms with E-state index in [1.165, 1.54) is 0 Å². The molecule has 0 aromatic carbocycles. The highest BCUT2D eigenvalue weighted by Crippen LogP contribution is 2.68. The van der Waals surface area contributed by atoms with Crippen molar-refractivity contribution >= 4 is 5.97 Å². The zero-order valence-electron chi connectivity index (χ0n) is 19.7. The molecule has 11 atom stereocenters. The van der Waals surface area contributed by atoms with Crippen molar-refractivity contribution in [2.24, 2.45) is 46.3 Å². The van der Waals surface area contributed by atoms with Crippen molar-refractivity contribution < 1.29 is 25.0 Å². The van der Waals surface area contributed by atoms with Gasteiger partial charge in [-0.1, -0.05) is 20.8 Å². The molecule has 4 saturated carbocycles. The molecular weight excluding hydrogens is 394 g/mol. The van der Waals surface area contributed by atoms with Crippen LogP contribution < -0.4 is 5.48 Å². The molecule has 0 heterocycles. The van der Waals surface area contributed by atoms with Crippen molar-refractivity contribution in [2.75, 3.05) is 7.11 Å². The molecule has 6 heteroatoms. The van der Waals surface area contributed by atoms with Crippen LogP contribution in [0.4, 0.5) is 0 Å². The second-order valence-corrected chi connectivity index (χ2v) is 11.8. The zero-order valence-corrected chi connectivity index (χ0v) is 19.7. The van der Waals surface area contributed by atoms with Gasteiger partial charge in [0.2, 0.25) is 0 Å². The van der Waals surface area contributed by atoms with Crippen LogP contribution in [0, 0.1) is 46.3 Å². The van der Waals surface area contributed by atoms with E-state index in [1.54, 1.807) is 7.11 Å². The van der Waals surface area contributed by atoms with Crippen LogP contribution in [0.25, 0.3) is 0 Å². The molecule has 4 fully saturated rings. The lowest BCUT2D eigenvalue weighted by molar-refractivity contribution is -0.204. The summed E-state index contributed by atoms with van der Waals surface area (Å²) in [6.45, 7) is 6.83. The summed E-state index contributed by atoms with van der Waals surface area (Å²) in [4.78, 5) is 16.3. The summed E-state index contributed by atoms with van der Waals surface area (Å²) < 4.78 is 0. The molecule has 31 heavy (non-hydrogen) atoms. The van der Waals surface area contributed by atoms with Gasteiger partial charge in [-0.05, 0) is 97.7 Å². The normalized spacial score (nSPS) is 50.3. The first-order chi connectivity index (χ1) is 14.6. The van der Waals surface area contributed by atoms with Gasteiger partial charge in [-0.15, -0.1) is 0 Å². The van der Waals surface area contributed by atoms with Gasteiger partial charge >= 0.3 is 5.97 Å². The minimum absolute atomic E-state index is 0.158. The largest absolute Gasteiger partial charge is 0.481 e. The topological polar surface area (TPSA) is 99.0 Å². The highest BCUT2D eigenvalue weighted by Gasteiger charge is 2.65. The van der Waals surface area contributed by atoms with Crippen LogP contribution in [0.15, 0.2) is 0 Å². The quantitative estimate of drug-likeness (QED) is 0.474. The Balaban J connectivity index is 1.57. The number of carbonyl (C=O) groups is 1. The van der Waals surface area contributed by atoms with Gasteiger partial charge < -0.3 is 20.2 Å². The van der Waals surface area contributed by atoms with E-state index in [1.807, 2.05) is 0 Å². The highest BCUT2D eigenvalue weighted by atomic mass is 16.6. The van der Waals surface area contributed by atoms with Crippen LogP contribution in [-0.2, 0) is 9.63 Å². The van der Waals surface area contributed by atoms with Crippen LogP contribution >= 0.6 is 0 Å². The van der Waals surface area contributed by atoms with Crippen molar-refractivity contribution in [3.8, 4) is 0 Å². The second-order valence-electron chi connectivity index (χ2n) is 11.8. The van der Waals surface area contributed by atoms with Crippen molar-refractivity contribution in [2.45, 2.75) is 96.8 Å². The van der Waals surface area contributed by atoms with E-state index in [2.05, 4.69) is 26.3 Å². The average molecular weight is 438 g/mol. The Morgan fingerprint density at radius 1 is 1.13 bits per heavy atom. The summed E-state index contributed by atoms with van der Waals surface area (Å²) in [5, 5.41) is 32.1. The van der Waals surface area contributed by atoms with Crippen LogP contribution in [-0.4, -0.2) is 46.6 Å². The summed E-state index contributed by atoms with van der Waals surface area (Å²) in [6.07, 6.45) is 7.08. The van der Waals surface area contributed by atoms with E-state index in [9.17, 15) is 15.0 Å². The van der Waals surface area contributed by atoms with Crippen LogP contribution in [0.2, 0.25) is 0 Å². The summed E-state index contributed by atoms with van der Waals surface area (Å²) in [6, 6.07) is 0.344. The van der Waals surface area contributed by atoms with E-state index in [-0.39, 0.29) is 41.3 Å². The number of rotatable bonds is 6. The van der Waals surface area contributed by atoms with E-state index in [0.717, 1.165) is 44.9 Å². The SMILES string of the molecule is CON[C@H]1CC[C@]2(C)C3C[C@H](O)[C@@]4(C)C(CC[C@@H]4[C@H](C)CCC(=O)O)C3[C@H](O)C[C@@H]2C1. The number of hydroxylamine groups is 1. The predicted molar refractivity (Wildman–Crippen MR) is 118 cm³/mol. The maximum Gasteiger partial charge on any atom is 0.303 e. The molecule has 0 aromatic rings. The van der Waals surface area contributed by atoms with Crippen LogP contribution in [0.5, 0.6) is 0 Å². The molecule has 178 valence electrons. The minimum Gasteiger partial charge on any atom is -0.481 e. The first kappa shape index (κ1) is 23.5. The summed E-state index contributed by atoms with van der Waals surface area (Å²) in [5.74, 6) is 1.24. The zero-order chi connectivity index (χ0) is 22.6. The third kappa shape index (κ3) is 3.75. The Morgan fingerprint density at radius 2 is 1.87 bits per heavy atom. The Labute approximate surface area is 187 Å². The molecule has 0 radical (unpaired) electrons. The summed E-state index contributed by atoms with van der Waals surface area (Å²) in [7, 11) is 1.67. The molecular formula is C25H43NO5. The maximum absolute atomic E-state index is 11.6. The molecule has 0 aliphatic heterocycles. The van der Waals surface area contributed by atoms with Crippen molar-refractivity contribution in [1.82, 2.24) is 5.48 Å². The molecule has 0 spiro atoms. The number of aliphatic hydroxyl groups excluding tert-OH is 2. The second kappa shape index (κ2) is 8.58. The lowest BCUT2D eigenvalue weighted by Crippen LogP contribution is -2.62. The van der Waals surface area contributed by atoms with E-state index in [4.69, 9.17) is 9.94 Å². The molecule has 4 N–H and O–H groups in total. The molecule has 4 aliphatic carbocycles. The Kier molecular flexibility index (Phi) is 6.50. The molecule has 0 amide bonds. The van der Waals surface area contributed by atoms with E-state index >= 15 is 0 Å². The average Bonchev–Trinajstić information content (AvgIpc) is 3.07. The van der Waals surface area contributed by atoms with Gasteiger partial charge in [0.25, 0.3) is 0 Å². The number of nitrogens with one attached hydrogen (secondary N) is 1. The molecule has 0 bridgehead atoms. The maximum atomic E-state index is 11.6. The molecule has 0 saturated heterocycles. The molecule has 6 nitrogen and oxygen atoms in total. The standard InChI is InChI=1S/C25H43NO5/c1-14(5-8-22(29)30)17-6-7-18-23-19(13-21(28)25(17,18)3)24(2)10-9-16(26-31-4)11-15(24)12-20(23)27/h14-21,23,26-28H,5-13H2,1-4H3,(H,29,30)/t14-,15+,16+,17-,18?,19?,20-,21+,23?,24+,25-/m1/s1. The molecule has 0 aromatic heterocycles. The van der Waals surface area contributed by atoms with Crippen molar-refractivity contribution in [3.63, 3.8) is 0 Å². The summed E-state index contributed by atoms with van der Waals surface area (Å²) in [5.41, 5.74) is 3.07. The highest BCUT2D eigenvalue weighted by molar-refractivity contribution is 5.66. The fourth-order valence-corrected chi connectivity index (χ4v) is 8.98. The Morgan fingerprint density at radius 3 is 2.55 bits per heavy atom. The van der Waals surface area contributed by atoms with Gasteiger partial charge in [0.05, 0.1) is 19.3 Å². The van der Waals surface area contributed by atoms with Gasteiger partial charge in [-0.25, -0.2) is 0 Å². The third-order valence-electron chi connectivity index (χ3n) is 10.6. The number of carboxylic acids is 1. The smallest absolute Gasteiger partial charge is 0.303 e. The van der Waals surface area contributed by atoms with Crippen molar-refractivity contribution in [3.05, 3.63) is 0 Å². The lowest BCUT2D eigenvalue weighted by Gasteiger charge is -2.63. The van der Waals surface area contributed by atoms with E-state index in [0.29, 0.717) is 36.1 Å².